The van der Waals surface area contributed by atoms with Gasteiger partial charge >= 0.3 is 0 Å². The maximum Gasteiger partial charge on any atom is 0.255 e. The van der Waals surface area contributed by atoms with Crippen LogP contribution < -0.4 is 10.1 Å². The van der Waals surface area contributed by atoms with Crippen molar-refractivity contribution in [3.8, 4) is 5.75 Å². The van der Waals surface area contributed by atoms with Gasteiger partial charge in [-0.1, -0.05) is 17.7 Å². The van der Waals surface area contributed by atoms with Crippen LogP contribution in [0.2, 0.25) is 5.15 Å². The van der Waals surface area contributed by atoms with Crippen molar-refractivity contribution in [3.05, 3.63) is 52.8 Å². The molecule has 0 aliphatic carbocycles. The van der Waals surface area contributed by atoms with Crippen LogP contribution in [0.1, 0.15) is 23.0 Å². The average Bonchev–Trinajstić information content (AvgIpc) is 2.38. The van der Waals surface area contributed by atoms with Gasteiger partial charge in [-0.2, -0.15) is 0 Å². The normalized spacial score (nSPS) is 10.2. The SMILES string of the molecule is CCOc1cccc(NC(=O)c2cc(C)nc(Cl)c2)c1. The number of hydrogen-bond donors (Lipinski definition) is 1. The summed E-state index contributed by atoms with van der Waals surface area (Å²) in [5.74, 6) is 0.486. The number of benzene rings is 1. The molecular weight excluding hydrogens is 276 g/mol. The highest BCUT2D eigenvalue weighted by Gasteiger charge is 2.09. The van der Waals surface area contributed by atoms with Gasteiger partial charge in [-0.15, -0.1) is 0 Å². The first-order valence-electron chi connectivity index (χ1n) is 6.27. The molecule has 0 saturated heterocycles. The van der Waals surface area contributed by atoms with E-state index in [0.717, 1.165) is 0 Å². The number of nitrogens with zero attached hydrogens (tertiary/aromatic N) is 1. The summed E-state index contributed by atoms with van der Waals surface area (Å²) in [5, 5.41) is 3.11. The molecule has 0 saturated carbocycles. The van der Waals surface area contributed by atoms with Crippen molar-refractivity contribution in [1.82, 2.24) is 4.98 Å². The monoisotopic (exact) mass is 290 g/mol. The van der Waals surface area contributed by atoms with Crippen molar-refractivity contribution < 1.29 is 9.53 Å². The van der Waals surface area contributed by atoms with Crippen LogP contribution in [-0.4, -0.2) is 17.5 Å². The van der Waals surface area contributed by atoms with E-state index in [-0.39, 0.29) is 5.91 Å². The molecule has 104 valence electrons. The molecule has 0 aliphatic rings. The Balaban J connectivity index is 2.16. The Morgan fingerprint density at radius 2 is 2.15 bits per heavy atom. The zero-order valence-electron chi connectivity index (χ0n) is 11.3. The van der Waals surface area contributed by atoms with Gasteiger partial charge in [0.2, 0.25) is 0 Å². The van der Waals surface area contributed by atoms with Crippen molar-refractivity contribution in [2.45, 2.75) is 13.8 Å². The summed E-state index contributed by atoms with van der Waals surface area (Å²) in [6.45, 7) is 4.28. The molecule has 0 unspecified atom stereocenters. The van der Waals surface area contributed by atoms with Gasteiger partial charge in [0.05, 0.1) is 6.61 Å². The molecule has 0 atom stereocenters. The number of aryl methyl sites for hydroxylation is 1. The van der Waals surface area contributed by atoms with E-state index in [4.69, 9.17) is 16.3 Å². The lowest BCUT2D eigenvalue weighted by atomic mass is 10.2. The highest BCUT2D eigenvalue weighted by atomic mass is 35.5. The van der Waals surface area contributed by atoms with Gasteiger partial charge in [0.1, 0.15) is 10.9 Å². The minimum absolute atomic E-state index is 0.231. The van der Waals surface area contributed by atoms with E-state index in [1.54, 1.807) is 25.1 Å². The second-order valence-electron chi connectivity index (χ2n) is 4.23. The van der Waals surface area contributed by atoms with Crippen LogP contribution in [0.5, 0.6) is 5.75 Å². The second kappa shape index (κ2) is 6.39. The van der Waals surface area contributed by atoms with E-state index in [1.807, 2.05) is 19.1 Å². The fourth-order valence-corrected chi connectivity index (χ4v) is 2.04. The van der Waals surface area contributed by atoms with Crippen molar-refractivity contribution in [2.75, 3.05) is 11.9 Å². The molecule has 0 radical (unpaired) electrons. The number of amides is 1. The van der Waals surface area contributed by atoms with Gasteiger partial charge in [-0.25, -0.2) is 4.98 Å². The summed E-state index contributed by atoms with van der Waals surface area (Å²) in [5.41, 5.74) is 1.85. The molecule has 0 fully saturated rings. The number of rotatable bonds is 4. The quantitative estimate of drug-likeness (QED) is 0.874. The number of hydrogen-bond acceptors (Lipinski definition) is 3. The first kappa shape index (κ1) is 14.3. The molecule has 4 nitrogen and oxygen atoms in total. The lowest BCUT2D eigenvalue weighted by molar-refractivity contribution is 0.102. The molecule has 0 spiro atoms. The first-order valence-corrected chi connectivity index (χ1v) is 6.64. The number of pyridine rings is 1. The third kappa shape index (κ3) is 3.71. The van der Waals surface area contributed by atoms with E-state index < -0.39 is 0 Å². The third-order valence-electron chi connectivity index (χ3n) is 2.59. The Bertz CT molecular complexity index is 609. The highest BCUT2D eigenvalue weighted by Crippen LogP contribution is 2.19. The van der Waals surface area contributed by atoms with Crippen LogP contribution in [-0.2, 0) is 0 Å². The summed E-state index contributed by atoms with van der Waals surface area (Å²) >= 11 is 5.85. The van der Waals surface area contributed by atoms with Crippen LogP contribution in [0.3, 0.4) is 0 Å². The minimum Gasteiger partial charge on any atom is -0.494 e. The Kier molecular flexibility index (Phi) is 4.58. The summed E-state index contributed by atoms with van der Waals surface area (Å²) in [4.78, 5) is 16.2. The standard InChI is InChI=1S/C15H15ClN2O2/c1-3-20-13-6-4-5-12(9-13)18-15(19)11-7-10(2)17-14(16)8-11/h4-9H,3H2,1-2H3,(H,18,19). The van der Waals surface area contributed by atoms with Gasteiger partial charge in [0.25, 0.3) is 5.91 Å². The molecule has 1 N–H and O–H groups in total. The molecule has 2 aromatic rings. The molecule has 1 aromatic heterocycles. The van der Waals surface area contributed by atoms with E-state index in [0.29, 0.717) is 34.5 Å². The molecular formula is C15H15ClN2O2. The minimum atomic E-state index is -0.231. The van der Waals surface area contributed by atoms with Gasteiger partial charge in [-0.05, 0) is 38.1 Å². The van der Waals surface area contributed by atoms with Gasteiger partial charge in [-0.3, -0.25) is 4.79 Å². The molecule has 2 rings (SSSR count). The molecule has 20 heavy (non-hydrogen) atoms. The second-order valence-corrected chi connectivity index (χ2v) is 4.62. The largest absolute Gasteiger partial charge is 0.494 e. The molecule has 0 bridgehead atoms. The molecule has 1 amide bonds. The summed E-state index contributed by atoms with van der Waals surface area (Å²) in [7, 11) is 0. The topological polar surface area (TPSA) is 51.2 Å². The number of carbonyl (C=O) groups is 1. The first-order chi connectivity index (χ1) is 9.58. The van der Waals surface area contributed by atoms with E-state index >= 15 is 0 Å². The van der Waals surface area contributed by atoms with Crippen molar-refractivity contribution in [2.24, 2.45) is 0 Å². The van der Waals surface area contributed by atoms with Crippen LogP contribution in [0.15, 0.2) is 36.4 Å². The summed E-state index contributed by atoms with van der Waals surface area (Å²) in [6.07, 6.45) is 0. The van der Waals surface area contributed by atoms with E-state index in [9.17, 15) is 4.79 Å². The van der Waals surface area contributed by atoms with Crippen LogP contribution in [0.25, 0.3) is 0 Å². The Morgan fingerprint density at radius 3 is 2.85 bits per heavy atom. The highest BCUT2D eigenvalue weighted by molar-refractivity contribution is 6.29. The Hall–Kier alpha value is -2.07. The predicted octanol–water partition coefficient (Wildman–Crippen LogP) is 3.69. The lowest BCUT2D eigenvalue weighted by Crippen LogP contribution is -2.12. The van der Waals surface area contributed by atoms with Crippen molar-refractivity contribution >= 4 is 23.2 Å². The summed E-state index contributed by atoms with van der Waals surface area (Å²) in [6, 6.07) is 10.5. The molecule has 1 aromatic carbocycles. The lowest BCUT2D eigenvalue weighted by Gasteiger charge is -2.08. The molecule has 5 heteroatoms. The fraction of sp³-hybridized carbons (Fsp3) is 0.200. The third-order valence-corrected chi connectivity index (χ3v) is 2.78. The fourth-order valence-electron chi connectivity index (χ4n) is 1.79. The Morgan fingerprint density at radius 1 is 1.35 bits per heavy atom. The van der Waals surface area contributed by atoms with Crippen molar-refractivity contribution in [1.29, 1.82) is 0 Å². The van der Waals surface area contributed by atoms with Crippen LogP contribution in [0, 0.1) is 6.92 Å². The van der Waals surface area contributed by atoms with E-state index in [2.05, 4.69) is 10.3 Å². The number of nitrogens with one attached hydrogen (secondary N) is 1. The number of aromatic nitrogens is 1. The van der Waals surface area contributed by atoms with Gasteiger partial charge in [0.15, 0.2) is 0 Å². The smallest absolute Gasteiger partial charge is 0.255 e. The van der Waals surface area contributed by atoms with Crippen LogP contribution >= 0.6 is 11.6 Å². The number of ether oxygens (including phenoxy) is 1. The van der Waals surface area contributed by atoms with Crippen molar-refractivity contribution in [3.63, 3.8) is 0 Å². The number of carbonyl (C=O) groups excluding carboxylic acids is 1. The maximum atomic E-state index is 12.1. The maximum absolute atomic E-state index is 12.1. The zero-order valence-corrected chi connectivity index (χ0v) is 12.1. The Labute approximate surface area is 122 Å². The van der Waals surface area contributed by atoms with Gasteiger partial charge < -0.3 is 10.1 Å². The van der Waals surface area contributed by atoms with E-state index in [1.165, 1.54) is 6.07 Å². The van der Waals surface area contributed by atoms with Crippen LogP contribution in [0.4, 0.5) is 5.69 Å². The molecule has 1 heterocycles. The zero-order chi connectivity index (χ0) is 14.5. The predicted molar refractivity (Wildman–Crippen MR) is 79.5 cm³/mol. The van der Waals surface area contributed by atoms with Gasteiger partial charge in [0, 0.05) is 23.0 Å². The number of halogens is 1. The molecule has 0 aliphatic heterocycles. The average molecular weight is 291 g/mol. The summed E-state index contributed by atoms with van der Waals surface area (Å²) < 4.78 is 5.39. The number of anilines is 1.